The van der Waals surface area contributed by atoms with Gasteiger partial charge in [-0.1, -0.05) is 19.9 Å². The van der Waals surface area contributed by atoms with Gasteiger partial charge in [0.2, 0.25) is 6.79 Å². The van der Waals surface area contributed by atoms with Crippen molar-refractivity contribution in [2.75, 3.05) is 6.79 Å². The van der Waals surface area contributed by atoms with E-state index in [0.717, 1.165) is 29.0 Å². The zero-order valence-corrected chi connectivity index (χ0v) is 10.0. The summed E-state index contributed by atoms with van der Waals surface area (Å²) in [5, 5.41) is 8.85. The summed E-state index contributed by atoms with van der Waals surface area (Å²) in [6.07, 6.45) is 0.943. The van der Waals surface area contributed by atoms with Crippen LogP contribution in [0.4, 0.5) is 0 Å². The number of aliphatic carboxylic acids is 1. The van der Waals surface area contributed by atoms with Gasteiger partial charge in [0.1, 0.15) is 0 Å². The zero-order valence-electron chi connectivity index (χ0n) is 10.0. The van der Waals surface area contributed by atoms with Gasteiger partial charge in [0.15, 0.2) is 11.5 Å². The first kappa shape index (κ1) is 11.8. The molecule has 2 rings (SSSR count). The van der Waals surface area contributed by atoms with Crippen LogP contribution < -0.4 is 9.47 Å². The van der Waals surface area contributed by atoms with E-state index >= 15 is 0 Å². The quantitative estimate of drug-likeness (QED) is 0.872. The summed E-state index contributed by atoms with van der Waals surface area (Å²) in [6, 6.07) is 3.80. The smallest absolute Gasteiger partial charge is 0.303 e. The number of rotatable bonds is 4. The second kappa shape index (κ2) is 4.65. The first-order chi connectivity index (χ1) is 8.13. The van der Waals surface area contributed by atoms with Crippen LogP contribution in [0.25, 0.3) is 0 Å². The Morgan fingerprint density at radius 1 is 1.47 bits per heavy atom. The third-order valence-electron chi connectivity index (χ3n) is 3.04. The van der Waals surface area contributed by atoms with Crippen LogP contribution >= 0.6 is 0 Å². The molecule has 1 unspecified atom stereocenters. The maximum Gasteiger partial charge on any atom is 0.303 e. The van der Waals surface area contributed by atoms with E-state index in [1.807, 2.05) is 26.0 Å². The molecule has 17 heavy (non-hydrogen) atoms. The van der Waals surface area contributed by atoms with Gasteiger partial charge in [-0.3, -0.25) is 4.79 Å². The molecule has 0 radical (unpaired) electrons. The normalized spacial score (nSPS) is 14.7. The number of hydrogen-bond acceptors (Lipinski definition) is 3. The van der Waals surface area contributed by atoms with Gasteiger partial charge in [-0.2, -0.15) is 0 Å². The van der Waals surface area contributed by atoms with E-state index in [4.69, 9.17) is 14.6 Å². The molecule has 1 aliphatic heterocycles. The summed E-state index contributed by atoms with van der Waals surface area (Å²) in [7, 11) is 0. The standard InChI is InChI=1S/C13H16O4/c1-3-9-10(8(2)6-12(14)15)4-5-11-13(9)17-7-16-11/h4-5,8H,3,6-7H2,1-2H3,(H,14,15). The molecule has 0 bridgehead atoms. The van der Waals surface area contributed by atoms with Gasteiger partial charge in [-0.05, 0) is 24.0 Å². The van der Waals surface area contributed by atoms with Crippen LogP contribution in [-0.2, 0) is 11.2 Å². The van der Waals surface area contributed by atoms with Crippen molar-refractivity contribution in [3.05, 3.63) is 23.3 Å². The summed E-state index contributed by atoms with van der Waals surface area (Å²) >= 11 is 0. The number of hydrogen-bond donors (Lipinski definition) is 1. The molecule has 1 aliphatic rings. The van der Waals surface area contributed by atoms with Crippen molar-refractivity contribution in [2.24, 2.45) is 0 Å². The van der Waals surface area contributed by atoms with Crippen molar-refractivity contribution in [1.29, 1.82) is 0 Å². The van der Waals surface area contributed by atoms with E-state index < -0.39 is 5.97 Å². The van der Waals surface area contributed by atoms with Gasteiger partial charge in [-0.25, -0.2) is 0 Å². The molecule has 1 N–H and O–H groups in total. The molecule has 0 fully saturated rings. The lowest BCUT2D eigenvalue weighted by atomic mass is 9.91. The highest BCUT2D eigenvalue weighted by molar-refractivity contribution is 5.68. The van der Waals surface area contributed by atoms with Crippen LogP contribution in [0.1, 0.15) is 37.3 Å². The van der Waals surface area contributed by atoms with Crippen molar-refractivity contribution in [2.45, 2.75) is 32.6 Å². The first-order valence-electron chi connectivity index (χ1n) is 5.76. The highest BCUT2D eigenvalue weighted by atomic mass is 16.7. The number of benzene rings is 1. The number of ether oxygens (including phenoxy) is 2. The molecule has 0 aliphatic carbocycles. The Bertz CT molecular complexity index is 439. The van der Waals surface area contributed by atoms with Gasteiger partial charge in [-0.15, -0.1) is 0 Å². The topological polar surface area (TPSA) is 55.8 Å². The molecule has 4 heteroatoms. The first-order valence-corrected chi connectivity index (χ1v) is 5.76. The third-order valence-corrected chi connectivity index (χ3v) is 3.04. The number of fused-ring (bicyclic) bond motifs is 1. The van der Waals surface area contributed by atoms with Crippen LogP contribution in [0.2, 0.25) is 0 Å². The molecule has 1 heterocycles. The average Bonchev–Trinajstić information content (AvgIpc) is 2.74. The minimum atomic E-state index is -0.780. The summed E-state index contributed by atoms with van der Waals surface area (Å²) in [5.41, 5.74) is 2.10. The Labute approximate surface area is 100 Å². The molecule has 0 spiro atoms. The van der Waals surface area contributed by atoms with Crippen molar-refractivity contribution in [3.8, 4) is 11.5 Å². The summed E-state index contributed by atoms with van der Waals surface area (Å²) < 4.78 is 10.8. The molecular weight excluding hydrogens is 220 g/mol. The van der Waals surface area contributed by atoms with Gasteiger partial charge in [0.05, 0.1) is 6.42 Å². The van der Waals surface area contributed by atoms with E-state index in [1.54, 1.807) is 0 Å². The van der Waals surface area contributed by atoms with Gasteiger partial charge >= 0.3 is 5.97 Å². The van der Waals surface area contributed by atoms with Crippen LogP contribution in [0.15, 0.2) is 12.1 Å². The lowest BCUT2D eigenvalue weighted by molar-refractivity contribution is -0.137. The molecule has 1 aromatic rings. The number of carboxylic acids is 1. The second-order valence-electron chi connectivity index (χ2n) is 4.22. The average molecular weight is 236 g/mol. The van der Waals surface area contributed by atoms with E-state index in [2.05, 4.69) is 0 Å². The monoisotopic (exact) mass is 236 g/mol. The largest absolute Gasteiger partial charge is 0.481 e. The van der Waals surface area contributed by atoms with Crippen molar-refractivity contribution in [1.82, 2.24) is 0 Å². The summed E-state index contributed by atoms with van der Waals surface area (Å²) in [4.78, 5) is 10.8. The SMILES string of the molecule is CCc1c(C(C)CC(=O)O)ccc2c1OCO2. The van der Waals surface area contributed by atoms with Gasteiger partial charge in [0, 0.05) is 5.56 Å². The molecule has 92 valence electrons. The fourth-order valence-corrected chi connectivity index (χ4v) is 2.24. The molecule has 0 saturated heterocycles. The van der Waals surface area contributed by atoms with Crippen molar-refractivity contribution >= 4 is 5.97 Å². The maximum absolute atomic E-state index is 10.8. The highest BCUT2D eigenvalue weighted by Crippen LogP contribution is 2.40. The van der Waals surface area contributed by atoms with Crippen molar-refractivity contribution < 1.29 is 19.4 Å². The number of carbonyl (C=O) groups is 1. The Morgan fingerprint density at radius 2 is 2.24 bits per heavy atom. The fourth-order valence-electron chi connectivity index (χ4n) is 2.24. The lowest BCUT2D eigenvalue weighted by Crippen LogP contribution is -2.06. The third kappa shape index (κ3) is 2.20. The molecule has 1 aromatic carbocycles. The second-order valence-corrected chi connectivity index (χ2v) is 4.22. The molecule has 4 nitrogen and oxygen atoms in total. The predicted octanol–water partition coefficient (Wildman–Crippen LogP) is 2.56. The van der Waals surface area contributed by atoms with Crippen LogP contribution in [0, 0.1) is 0 Å². The predicted molar refractivity (Wildman–Crippen MR) is 62.6 cm³/mol. The zero-order chi connectivity index (χ0) is 12.4. The minimum absolute atomic E-state index is 0.0167. The van der Waals surface area contributed by atoms with Gasteiger partial charge in [0.25, 0.3) is 0 Å². The Balaban J connectivity index is 2.37. The maximum atomic E-state index is 10.8. The van der Waals surface area contributed by atoms with E-state index in [0.29, 0.717) is 0 Å². The summed E-state index contributed by atoms with van der Waals surface area (Å²) in [5.74, 6) is 0.740. The van der Waals surface area contributed by atoms with Gasteiger partial charge < -0.3 is 14.6 Å². The fraction of sp³-hybridized carbons (Fsp3) is 0.462. The molecular formula is C13H16O4. The van der Waals surface area contributed by atoms with Crippen LogP contribution in [0.3, 0.4) is 0 Å². The molecule has 0 amide bonds. The van der Waals surface area contributed by atoms with E-state index in [9.17, 15) is 4.79 Å². The summed E-state index contributed by atoms with van der Waals surface area (Å²) in [6.45, 7) is 4.21. The van der Waals surface area contributed by atoms with E-state index in [1.165, 1.54) is 0 Å². The molecule has 0 aromatic heterocycles. The molecule has 1 atom stereocenters. The molecule has 0 saturated carbocycles. The minimum Gasteiger partial charge on any atom is -0.481 e. The van der Waals surface area contributed by atoms with Crippen molar-refractivity contribution in [3.63, 3.8) is 0 Å². The Morgan fingerprint density at radius 3 is 2.88 bits per heavy atom. The van der Waals surface area contributed by atoms with E-state index in [-0.39, 0.29) is 19.1 Å². The Kier molecular flexibility index (Phi) is 3.22. The number of carboxylic acid groups (broad SMARTS) is 1. The van der Waals surface area contributed by atoms with Crippen LogP contribution in [-0.4, -0.2) is 17.9 Å². The highest BCUT2D eigenvalue weighted by Gasteiger charge is 2.22. The Hall–Kier alpha value is -1.71. The lowest BCUT2D eigenvalue weighted by Gasteiger charge is -2.15. The van der Waals surface area contributed by atoms with Crippen LogP contribution in [0.5, 0.6) is 11.5 Å².